The number of hydrogen-bond acceptors (Lipinski definition) is 3. The van der Waals surface area contributed by atoms with Crippen LogP contribution < -0.4 is 5.73 Å². The van der Waals surface area contributed by atoms with Crippen LogP contribution in [0.25, 0.3) is 0 Å². The Labute approximate surface area is 123 Å². The summed E-state index contributed by atoms with van der Waals surface area (Å²) in [4.78, 5) is 14.7. The maximum absolute atomic E-state index is 12.1. The molecule has 1 rings (SSSR count). The lowest BCUT2D eigenvalue weighted by molar-refractivity contribution is -0.127. The molecule has 0 saturated carbocycles. The molecular weight excluding hydrogens is 280 g/mol. The fourth-order valence-corrected chi connectivity index (χ4v) is 2.62. The van der Waals surface area contributed by atoms with Gasteiger partial charge in [0.05, 0.1) is 5.75 Å². The molecule has 0 aromatic heterocycles. The normalized spacial score (nSPS) is 10.3. The third-order valence-corrected chi connectivity index (χ3v) is 3.83. The van der Waals surface area contributed by atoms with Crippen molar-refractivity contribution in [3.8, 4) is 0 Å². The second-order valence-electron chi connectivity index (χ2n) is 4.34. The molecular formula is C14H19ClN2OS. The Morgan fingerprint density at radius 2 is 2.21 bits per heavy atom. The zero-order chi connectivity index (χ0) is 14.4. The van der Waals surface area contributed by atoms with E-state index in [1.54, 1.807) is 17.0 Å². The number of halogens is 1. The summed E-state index contributed by atoms with van der Waals surface area (Å²) in [7, 11) is 0. The van der Waals surface area contributed by atoms with Crippen LogP contribution in [-0.4, -0.2) is 29.6 Å². The molecule has 0 spiro atoms. The minimum absolute atomic E-state index is 0.0878. The first-order valence-electron chi connectivity index (χ1n) is 6.04. The summed E-state index contributed by atoms with van der Waals surface area (Å²) in [6.45, 7) is 9.00. The Hall–Kier alpha value is -1.13. The molecule has 1 aromatic carbocycles. The standard InChI is InChI=1S/C14H19ClN2OS/c1-4-17(8-10(2)3)14(18)9-19-13-6-5-11(15)7-12(13)16/h5-7H,2,4,8-9,16H2,1,3H3. The van der Waals surface area contributed by atoms with Crippen LogP contribution in [0.3, 0.4) is 0 Å². The molecule has 0 bridgehead atoms. The number of nitrogens with two attached hydrogens (primary N) is 1. The van der Waals surface area contributed by atoms with Gasteiger partial charge in [-0.3, -0.25) is 4.79 Å². The summed E-state index contributed by atoms with van der Waals surface area (Å²) in [6, 6.07) is 5.31. The number of benzene rings is 1. The van der Waals surface area contributed by atoms with Crippen LogP contribution in [0.1, 0.15) is 13.8 Å². The van der Waals surface area contributed by atoms with E-state index in [2.05, 4.69) is 6.58 Å². The summed E-state index contributed by atoms with van der Waals surface area (Å²) in [6.07, 6.45) is 0. The lowest BCUT2D eigenvalue weighted by Crippen LogP contribution is -2.33. The van der Waals surface area contributed by atoms with Crippen LogP contribution in [0.4, 0.5) is 5.69 Å². The second kappa shape index (κ2) is 7.46. The highest BCUT2D eigenvalue weighted by atomic mass is 35.5. The van der Waals surface area contributed by atoms with Gasteiger partial charge in [0.2, 0.25) is 5.91 Å². The molecule has 0 radical (unpaired) electrons. The number of rotatable bonds is 6. The molecule has 0 fully saturated rings. The van der Waals surface area contributed by atoms with Crippen molar-refractivity contribution in [3.63, 3.8) is 0 Å². The van der Waals surface area contributed by atoms with Crippen molar-refractivity contribution in [1.29, 1.82) is 0 Å². The first-order valence-corrected chi connectivity index (χ1v) is 7.40. The quantitative estimate of drug-likeness (QED) is 0.497. The number of anilines is 1. The number of carbonyl (C=O) groups is 1. The van der Waals surface area contributed by atoms with Gasteiger partial charge in [-0.2, -0.15) is 0 Å². The van der Waals surface area contributed by atoms with Crippen LogP contribution in [-0.2, 0) is 4.79 Å². The largest absolute Gasteiger partial charge is 0.398 e. The van der Waals surface area contributed by atoms with Crippen LogP contribution in [0.2, 0.25) is 5.02 Å². The lowest BCUT2D eigenvalue weighted by atomic mass is 10.3. The number of carbonyl (C=O) groups excluding carboxylic acids is 1. The number of nitrogen functional groups attached to an aromatic ring is 1. The van der Waals surface area contributed by atoms with Gasteiger partial charge < -0.3 is 10.6 Å². The third-order valence-electron chi connectivity index (χ3n) is 2.52. The van der Waals surface area contributed by atoms with Gasteiger partial charge in [0.15, 0.2) is 0 Å². The van der Waals surface area contributed by atoms with Crippen molar-refractivity contribution < 1.29 is 4.79 Å². The minimum Gasteiger partial charge on any atom is -0.398 e. The Balaban J connectivity index is 2.60. The van der Waals surface area contributed by atoms with Crippen molar-refractivity contribution in [2.45, 2.75) is 18.7 Å². The van der Waals surface area contributed by atoms with Crippen LogP contribution in [0.5, 0.6) is 0 Å². The van der Waals surface area contributed by atoms with Crippen molar-refractivity contribution in [3.05, 3.63) is 35.4 Å². The molecule has 1 amide bonds. The average molecular weight is 299 g/mol. The number of nitrogens with zero attached hydrogens (tertiary/aromatic N) is 1. The van der Waals surface area contributed by atoms with Crippen molar-refractivity contribution in [1.82, 2.24) is 4.90 Å². The molecule has 1 aromatic rings. The zero-order valence-electron chi connectivity index (χ0n) is 11.3. The average Bonchev–Trinajstić information content (AvgIpc) is 2.34. The number of amides is 1. The van der Waals surface area contributed by atoms with Crippen molar-refractivity contribution in [2.24, 2.45) is 0 Å². The fourth-order valence-electron chi connectivity index (χ4n) is 1.58. The molecule has 0 unspecified atom stereocenters. The fraction of sp³-hybridized carbons (Fsp3) is 0.357. The topological polar surface area (TPSA) is 46.3 Å². The molecule has 0 aliphatic rings. The highest BCUT2D eigenvalue weighted by Crippen LogP contribution is 2.27. The maximum Gasteiger partial charge on any atom is 0.233 e. The van der Waals surface area contributed by atoms with E-state index in [1.165, 1.54) is 11.8 Å². The van der Waals surface area contributed by atoms with E-state index in [-0.39, 0.29) is 5.91 Å². The first kappa shape index (κ1) is 15.9. The molecule has 19 heavy (non-hydrogen) atoms. The van der Waals surface area contributed by atoms with Gasteiger partial charge in [-0.25, -0.2) is 0 Å². The molecule has 3 nitrogen and oxygen atoms in total. The van der Waals surface area contributed by atoms with Crippen molar-refractivity contribution >= 4 is 35.0 Å². The van der Waals surface area contributed by atoms with E-state index in [0.29, 0.717) is 29.6 Å². The Morgan fingerprint density at radius 3 is 2.74 bits per heavy atom. The molecule has 0 aliphatic heterocycles. The van der Waals surface area contributed by atoms with E-state index >= 15 is 0 Å². The SMILES string of the molecule is C=C(C)CN(CC)C(=O)CSc1ccc(Cl)cc1N. The first-order chi connectivity index (χ1) is 8.93. The predicted molar refractivity (Wildman–Crippen MR) is 83.7 cm³/mol. The number of likely N-dealkylation sites (N-methyl/N-ethyl adjacent to an activating group) is 1. The van der Waals surface area contributed by atoms with E-state index < -0.39 is 0 Å². The molecule has 0 atom stereocenters. The van der Waals surface area contributed by atoms with Crippen LogP contribution in [0.15, 0.2) is 35.2 Å². The Morgan fingerprint density at radius 1 is 1.53 bits per heavy atom. The Bertz CT molecular complexity index is 477. The monoisotopic (exact) mass is 298 g/mol. The maximum atomic E-state index is 12.1. The molecule has 5 heteroatoms. The second-order valence-corrected chi connectivity index (χ2v) is 5.79. The van der Waals surface area contributed by atoms with E-state index in [0.717, 1.165) is 10.5 Å². The van der Waals surface area contributed by atoms with E-state index in [1.807, 2.05) is 19.9 Å². The lowest BCUT2D eigenvalue weighted by Gasteiger charge is -2.20. The van der Waals surface area contributed by atoms with Crippen LogP contribution in [0, 0.1) is 0 Å². The summed E-state index contributed by atoms with van der Waals surface area (Å²) < 4.78 is 0. The minimum atomic E-state index is 0.0878. The summed E-state index contributed by atoms with van der Waals surface area (Å²) in [5.41, 5.74) is 7.44. The zero-order valence-corrected chi connectivity index (χ0v) is 12.9. The van der Waals surface area contributed by atoms with Gasteiger partial charge in [-0.05, 0) is 32.0 Å². The van der Waals surface area contributed by atoms with E-state index in [4.69, 9.17) is 17.3 Å². The van der Waals surface area contributed by atoms with Gasteiger partial charge in [0, 0.05) is 28.7 Å². The molecule has 0 heterocycles. The molecule has 0 saturated heterocycles. The highest BCUT2D eigenvalue weighted by molar-refractivity contribution is 8.00. The van der Waals surface area contributed by atoms with Gasteiger partial charge in [-0.15, -0.1) is 11.8 Å². The van der Waals surface area contributed by atoms with Gasteiger partial charge >= 0.3 is 0 Å². The molecule has 104 valence electrons. The smallest absolute Gasteiger partial charge is 0.233 e. The van der Waals surface area contributed by atoms with Gasteiger partial charge in [0.25, 0.3) is 0 Å². The van der Waals surface area contributed by atoms with Gasteiger partial charge in [0.1, 0.15) is 0 Å². The van der Waals surface area contributed by atoms with Gasteiger partial charge in [-0.1, -0.05) is 23.8 Å². The summed E-state index contributed by atoms with van der Waals surface area (Å²) in [5, 5.41) is 0.602. The van der Waals surface area contributed by atoms with E-state index in [9.17, 15) is 4.79 Å². The summed E-state index contributed by atoms with van der Waals surface area (Å²) >= 11 is 7.27. The third kappa shape index (κ3) is 5.17. The summed E-state index contributed by atoms with van der Waals surface area (Å²) in [5.74, 6) is 0.456. The Kier molecular flexibility index (Phi) is 6.25. The van der Waals surface area contributed by atoms with Crippen molar-refractivity contribution in [2.75, 3.05) is 24.6 Å². The number of hydrogen-bond donors (Lipinski definition) is 1. The van der Waals surface area contributed by atoms with Crippen LogP contribution >= 0.6 is 23.4 Å². The highest BCUT2D eigenvalue weighted by Gasteiger charge is 2.12. The predicted octanol–water partition coefficient (Wildman–Crippen LogP) is 3.44. The number of thioether (sulfide) groups is 1. The molecule has 2 N–H and O–H groups in total. The molecule has 0 aliphatic carbocycles.